The average Bonchev–Trinajstić information content (AvgIpc) is 3.11. The Morgan fingerprint density at radius 1 is 0.462 bits per heavy atom. The zero-order valence-corrected chi connectivity index (χ0v) is 17.7. The Morgan fingerprint density at radius 2 is 0.923 bits per heavy atom. The second-order valence-corrected chi connectivity index (χ2v) is 11.2. The van der Waals surface area contributed by atoms with Crippen LogP contribution in [0.5, 0.6) is 0 Å². The van der Waals surface area contributed by atoms with Crippen LogP contribution in [0.25, 0.3) is 10.8 Å². The standard InChI is InChI=1S/C24H18Se2/c1-3-7-19(8-4-1)25-21-15-13-17-11-12-18-14-16-22(24(21)23(17)18)26-20-9-5-2-6-10-20/h1-10,13-16H,11-12H2. The summed E-state index contributed by atoms with van der Waals surface area (Å²) in [7, 11) is 0. The van der Waals surface area contributed by atoms with Crippen molar-refractivity contribution in [1.82, 2.24) is 0 Å². The van der Waals surface area contributed by atoms with Gasteiger partial charge in [-0.1, -0.05) is 0 Å². The van der Waals surface area contributed by atoms with E-state index in [4.69, 9.17) is 0 Å². The van der Waals surface area contributed by atoms with Crippen molar-refractivity contribution in [2.75, 3.05) is 0 Å². The van der Waals surface area contributed by atoms with Crippen LogP contribution in [0.4, 0.5) is 0 Å². The molecule has 0 heterocycles. The maximum atomic E-state index is 2.41. The zero-order valence-electron chi connectivity index (χ0n) is 14.3. The second kappa shape index (κ2) is 7.06. The van der Waals surface area contributed by atoms with Crippen LogP contribution in [-0.2, 0) is 12.8 Å². The molecule has 5 rings (SSSR count). The van der Waals surface area contributed by atoms with Gasteiger partial charge in [0.1, 0.15) is 0 Å². The van der Waals surface area contributed by atoms with Gasteiger partial charge in [-0.25, -0.2) is 0 Å². The van der Waals surface area contributed by atoms with E-state index in [1.54, 1.807) is 30.8 Å². The van der Waals surface area contributed by atoms with Crippen molar-refractivity contribution in [2.45, 2.75) is 12.8 Å². The van der Waals surface area contributed by atoms with Crippen LogP contribution in [0.2, 0.25) is 0 Å². The SMILES string of the molecule is c1ccc([Se]c2ccc3c4c(ccc([Se]c5ccccc5)c24)CC3)cc1. The fourth-order valence-electron chi connectivity index (χ4n) is 3.67. The minimum atomic E-state index is 0.350. The molecule has 1 aliphatic rings. The predicted molar refractivity (Wildman–Crippen MR) is 114 cm³/mol. The first kappa shape index (κ1) is 16.4. The van der Waals surface area contributed by atoms with Gasteiger partial charge in [0.2, 0.25) is 0 Å². The van der Waals surface area contributed by atoms with E-state index >= 15 is 0 Å². The third-order valence-electron chi connectivity index (χ3n) is 4.86. The first-order chi connectivity index (χ1) is 12.9. The summed E-state index contributed by atoms with van der Waals surface area (Å²) < 4.78 is 5.99. The molecule has 0 spiro atoms. The van der Waals surface area contributed by atoms with Crippen LogP contribution < -0.4 is 17.8 Å². The molecule has 2 heteroatoms. The topological polar surface area (TPSA) is 0 Å². The Kier molecular flexibility index (Phi) is 4.44. The van der Waals surface area contributed by atoms with Gasteiger partial charge in [0.05, 0.1) is 0 Å². The van der Waals surface area contributed by atoms with Gasteiger partial charge >= 0.3 is 167 Å². The molecule has 0 N–H and O–H groups in total. The van der Waals surface area contributed by atoms with Gasteiger partial charge in [0, 0.05) is 0 Å². The van der Waals surface area contributed by atoms with Crippen molar-refractivity contribution in [1.29, 1.82) is 0 Å². The molecule has 0 saturated carbocycles. The average molecular weight is 464 g/mol. The van der Waals surface area contributed by atoms with Gasteiger partial charge in [-0.05, 0) is 0 Å². The van der Waals surface area contributed by atoms with Crippen molar-refractivity contribution in [3.8, 4) is 0 Å². The van der Waals surface area contributed by atoms with Crippen molar-refractivity contribution in [3.05, 3.63) is 96.1 Å². The molecule has 4 aromatic carbocycles. The first-order valence-corrected chi connectivity index (χ1v) is 12.3. The van der Waals surface area contributed by atoms with Crippen molar-refractivity contribution in [3.63, 3.8) is 0 Å². The Hall–Kier alpha value is -1.82. The molecule has 0 atom stereocenters. The van der Waals surface area contributed by atoms with Crippen LogP contribution in [0.1, 0.15) is 11.1 Å². The molecular weight excluding hydrogens is 446 g/mol. The Labute approximate surface area is 167 Å². The van der Waals surface area contributed by atoms with Crippen molar-refractivity contribution < 1.29 is 0 Å². The molecule has 0 fully saturated rings. The van der Waals surface area contributed by atoms with Crippen molar-refractivity contribution >= 4 is 58.5 Å². The van der Waals surface area contributed by atoms with E-state index < -0.39 is 0 Å². The van der Waals surface area contributed by atoms with Gasteiger partial charge in [0.15, 0.2) is 0 Å². The van der Waals surface area contributed by atoms with Gasteiger partial charge in [-0.2, -0.15) is 0 Å². The van der Waals surface area contributed by atoms with Crippen LogP contribution in [0.3, 0.4) is 0 Å². The Bertz CT molecular complexity index is 985. The molecular formula is C24H18Se2. The molecule has 0 aromatic heterocycles. The van der Waals surface area contributed by atoms with Crippen LogP contribution in [0.15, 0.2) is 84.9 Å². The molecule has 0 nitrogen and oxygen atoms in total. The van der Waals surface area contributed by atoms with E-state index in [2.05, 4.69) is 84.9 Å². The number of aryl methyl sites for hydroxylation is 2. The maximum absolute atomic E-state index is 2.41. The third-order valence-corrected chi connectivity index (χ3v) is 9.34. The molecule has 0 aliphatic heterocycles. The molecule has 0 amide bonds. The number of hydrogen-bond acceptors (Lipinski definition) is 0. The molecule has 126 valence electrons. The zero-order chi connectivity index (χ0) is 17.3. The van der Waals surface area contributed by atoms with Crippen LogP contribution in [0, 0.1) is 0 Å². The van der Waals surface area contributed by atoms with E-state index in [1.165, 1.54) is 21.8 Å². The number of hydrogen-bond donors (Lipinski definition) is 0. The van der Waals surface area contributed by atoms with Gasteiger partial charge < -0.3 is 0 Å². The molecule has 0 radical (unpaired) electrons. The summed E-state index contributed by atoms with van der Waals surface area (Å²) >= 11 is 0.699. The number of rotatable bonds is 4. The van der Waals surface area contributed by atoms with Gasteiger partial charge in [-0.15, -0.1) is 0 Å². The minimum absolute atomic E-state index is 0.350. The van der Waals surface area contributed by atoms with E-state index in [1.807, 2.05) is 0 Å². The second-order valence-electron chi connectivity index (χ2n) is 6.53. The summed E-state index contributed by atoms with van der Waals surface area (Å²) in [6, 6.07) is 31.5. The summed E-state index contributed by atoms with van der Waals surface area (Å²) in [5.41, 5.74) is 3.10. The Morgan fingerprint density at radius 3 is 1.38 bits per heavy atom. The third kappa shape index (κ3) is 3.04. The van der Waals surface area contributed by atoms with E-state index in [9.17, 15) is 0 Å². The van der Waals surface area contributed by atoms with Crippen LogP contribution >= 0.6 is 0 Å². The molecule has 1 aliphatic carbocycles. The predicted octanol–water partition coefficient (Wildman–Crippen LogP) is 2.25. The molecule has 26 heavy (non-hydrogen) atoms. The Balaban J connectivity index is 1.68. The summed E-state index contributed by atoms with van der Waals surface area (Å²) in [4.78, 5) is 0. The normalized spacial score (nSPS) is 12.6. The van der Waals surface area contributed by atoms with E-state index in [-0.39, 0.29) is 0 Å². The summed E-state index contributed by atoms with van der Waals surface area (Å²) in [5.74, 6) is 0. The summed E-state index contributed by atoms with van der Waals surface area (Å²) in [5, 5.41) is 3.13. The fraction of sp³-hybridized carbons (Fsp3) is 0.0833. The van der Waals surface area contributed by atoms with E-state index in [0.29, 0.717) is 29.9 Å². The molecule has 0 unspecified atom stereocenters. The summed E-state index contributed by atoms with van der Waals surface area (Å²) in [6.45, 7) is 0. The van der Waals surface area contributed by atoms with Crippen molar-refractivity contribution in [2.24, 2.45) is 0 Å². The van der Waals surface area contributed by atoms with Crippen LogP contribution in [-0.4, -0.2) is 29.9 Å². The summed E-state index contributed by atoms with van der Waals surface area (Å²) in [6.07, 6.45) is 2.40. The molecule has 0 bridgehead atoms. The molecule has 0 saturated heterocycles. The fourth-order valence-corrected chi connectivity index (χ4v) is 8.18. The van der Waals surface area contributed by atoms with Gasteiger partial charge in [0.25, 0.3) is 0 Å². The number of benzene rings is 4. The van der Waals surface area contributed by atoms with E-state index in [0.717, 1.165) is 0 Å². The monoisotopic (exact) mass is 466 g/mol. The van der Waals surface area contributed by atoms with Gasteiger partial charge in [-0.3, -0.25) is 0 Å². The first-order valence-electron chi connectivity index (χ1n) is 8.92. The molecule has 4 aromatic rings. The quantitative estimate of drug-likeness (QED) is 0.407.